The highest BCUT2D eigenvalue weighted by Gasteiger charge is 2.80. The molecule has 4 saturated heterocycles. The molecule has 0 unspecified atom stereocenters. The SMILES string of the molecule is Cc1ccc(Cc2ccc(N3C(=O)C4(C(=O)N(C)C4=O)C3=O)c(O)c2)cc1O.Cc1ccc(Cc2ccc(N3C(=O)C4(C(=O)N(C)C4=O)C3=O)cc2O)c(O)c1. The van der Waals surface area contributed by atoms with E-state index in [0.717, 1.165) is 31.4 Å². The van der Waals surface area contributed by atoms with Crippen molar-refractivity contribution in [2.24, 2.45) is 10.8 Å². The third-order valence-electron chi connectivity index (χ3n) is 10.5. The molecule has 284 valence electrons. The number of hydrogen-bond acceptors (Lipinski definition) is 12. The van der Waals surface area contributed by atoms with Crippen molar-refractivity contribution < 1.29 is 58.8 Å². The molecular formula is C40H32N4O12. The summed E-state index contributed by atoms with van der Waals surface area (Å²) in [5.41, 5.74) is -0.265. The van der Waals surface area contributed by atoms with Gasteiger partial charge in [0.1, 0.15) is 23.0 Å². The average molecular weight is 761 g/mol. The van der Waals surface area contributed by atoms with Gasteiger partial charge in [0.2, 0.25) is 0 Å². The Morgan fingerprint density at radius 3 is 1.41 bits per heavy atom. The van der Waals surface area contributed by atoms with Crippen molar-refractivity contribution in [2.75, 3.05) is 23.9 Å². The first kappa shape index (κ1) is 37.0. The van der Waals surface area contributed by atoms with Crippen LogP contribution < -0.4 is 9.80 Å². The second kappa shape index (κ2) is 12.6. The van der Waals surface area contributed by atoms with E-state index in [1.807, 2.05) is 19.1 Å². The molecule has 8 amide bonds. The van der Waals surface area contributed by atoms with Gasteiger partial charge in [0.05, 0.1) is 11.4 Å². The van der Waals surface area contributed by atoms with E-state index in [2.05, 4.69) is 0 Å². The molecule has 0 aliphatic carbocycles. The number of amides is 8. The number of β-lactam (4-membered cyclic amide) rings is 8. The van der Waals surface area contributed by atoms with E-state index in [1.165, 1.54) is 44.4 Å². The maximum Gasteiger partial charge on any atom is 0.285 e. The van der Waals surface area contributed by atoms with Gasteiger partial charge >= 0.3 is 0 Å². The first-order chi connectivity index (χ1) is 26.4. The quantitative estimate of drug-likeness (QED) is 0.163. The van der Waals surface area contributed by atoms with E-state index < -0.39 is 58.1 Å². The molecule has 0 bridgehead atoms. The Balaban J connectivity index is 0.000000172. The number of aromatic hydroxyl groups is 4. The Hall–Kier alpha value is -7.36. The largest absolute Gasteiger partial charge is 0.508 e. The van der Waals surface area contributed by atoms with E-state index in [0.29, 0.717) is 28.0 Å². The Bertz CT molecular complexity index is 2460. The summed E-state index contributed by atoms with van der Waals surface area (Å²) in [5, 5.41) is 40.4. The van der Waals surface area contributed by atoms with Crippen LogP contribution in [0.4, 0.5) is 11.4 Å². The number of aryl methyl sites for hydroxylation is 2. The number of hydrogen-bond donors (Lipinski definition) is 4. The Labute approximate surface area is 317 Å². The van der Waals surface area contributed by atoms with E-state index >= 15 is 0 Å². The minimum Gasteiger partial charge on any atom is -0.508 e. The molecule has 16 nitrogen and oxygen atoms in total. The molecule has 0 saturated carbocycles. The number of rotatable bonds is 6. The third kappa shape index (κ3) is 4.91. The zero-order valence-corrected chi connectivity index (χ0v) is 30.2. The Morgan fingerprint density at radius 1 is 0.464 bits per heavy atom. The maximum absolute atomic E-state index is 12.4. The summed E-state index contributed by atoms with van der Waals surface area (Å²) in [6.45, 7) is 3.63. The lowest BCUT2D eigenvalue weighted by Crippen LogP contribution is -2.83. The van der Waals surface area contributed by atoms with Gasteiger partial charge < -0.3 is 20.4 Å². The molecule has 4 fully saturated rings. The number of likely N-dealkylation sites (tertiary alicyclic amines) is 2. The molecule has 16 heteroatoms. The summed E-state index contributed by atoms with van der Waals surface area (Å²) >= 11 is 0. The van der Waals surface area contributed by atoms with Crippen LogP contribution in [0.3, 0.4) is 0 Å². The van der Waals surface area contributed by atoms with Crippen LogP contribution in [0.1, 0.15) is 33.4 Å². The molecule has 4 aromatic rings. The van der Waals surface area contributed by atoms with Gasteiger partial charge in [-0.3, -0.25) is 48.2 Å². The summed E-state index contributed by atoms with van der Waals surface area (Å²) in [6.07, 6.45) is 0.654. The van der Waals surface area contributed by atoms with Crippen molar-refractivity contribution in [3.05, 3.63) is 106 Å². The second-order valence-corrected chi connectivity index (χ2v) is 14.0. The van der Waals surface area contributed by atoms with Crippen molar-refractivity contribution >= 4 is 58.6 Å². The lowest BCUT2D eigenvalue weighted by molar-refractivity contribution is -0.187. The average Bonchev–Trinajstić information content (AvgIpc) is 3.16. The topological polar surface area (TPSA) is 230 Å². The molecule has 4 heterocycles. The first-order valence-electron chi connectivity index (χ1n) is 17.0. The number of anilines is 2. The van der Waals surface area contributed by atoms with Crippen LogP contribution >= 0.6 is 0 Å². The Morgan fingerprint density at radius 2 is 0.929 bits per heavy atom. The van der Waals surface area contributed by atoms with Gasteiger partial charge in [0.25, 0.3) is 58.1 Å². The molecule has 4 aliphatic heterocycles. The summed E-state index contributed by atoms with van der Waals surface area (Å²) in [7, 11) is 2.41. The minimum atomic E-state index is -2.26. The van der Waals surface area contributed by atoms with Gasteiger partial charge in [-0.15, -0.1) is 0 Å². The van der Waals surface area contributed by atoms with Gasteiger partial charge in [-0.2, -0.15) is 0 Å². The highest BCUT2D eigenvalue weighted by atomic mass is 16.3. The summed E-state index contributed by atoms with van der Waals surface area (Å²) < 4.78 is 0. The monoisotopic (exact) mass is 760 g/mol. The molecular weight excluding hydrogens is 728 g/mol. The highest BCUT2D eigenvalue weighted by molar-refractivity contribution is 6.60. The van der Waals surface area contributed by atoms with Gasteiger partial charge in [-0.1, -0.05) is 36.4 Å². The van der Waals surface area contributed by atoms with Crippen molar-refractivity contribution in [3.63, 3.8) is 0 Å². The summed E-state index contributed by atoms with van der Waals surface area (Å²) in [6, 6.07) is 19.0. The van der Waals surface area contributed by atoms with Crippen molar-refractivity contribution in [1.29, 1.82) is 0 Å². The lowest BCUT2D eigenvalue weighted by Gasteiger charge is -2.51. The van der Waals surface area contributed by atoms with E-state index in [4.69, 9.17) is 0 Å². The zero-order chi connectivity index (χ0) is 40.8. The fourth-order valence-corrected chi connectivity index (χ4v) is 7.12. The Kier molecular flexibility index (Phi) is 8.33. The van der Waals surface area contributed by atoms with E-state index in [9.17, 15) is 58.8 Å². The second-order valence-electron chi connectivity index (χ2n) is 14.0. The summed E-state index contributed by atoms with van der Waals surface area (Å²) in [5.74, 6) is -7.31. The molecule has 4 N–H and O–H groups in total. The van der Waals surface area contributed by atoms with Crippen molar-refractivity contribution in [2.45, 2.75) is 26.7 Å². The molecule has 8 rings (SSSR count). The van der Waals surface area contributed by atoms with Crippen LogP contribution in [0, 0.1) is 24.7 Å². The molecule has 4 aromatic carbocycles. The fraction of sp³-hybridized carbons (Fsp3) is 0.200. The third-order valence-corrected chi connectivity index (χ3v) is 10.5. The van der Waals surface area contributed by atoms with Crippen molar-refractivity contribution in [1.82, 2.24) is 9.80 Å². The predicted octanol–water partition coefficient (Wildman–Crippen LogP) is 1.71. The molecule has 4 aliphatic rings. The van der Waals surface area contributed by atoms with Gasteiger partial charge in [-0.05, 0) is 84.0 Å². The number of phenolic OH excluding ortho intramolecular Hbond substituents is 4. The lowest BCUT2D eigenvalue weighted by atomic mass is 9.69. The van der Waals surface area contributed by atoms with Crippen molar-refractivity contribution in [3.8, 4) is 23.0 Å². The predicted molar refractivity (Wildman–Crippen MR) is 193 cm³/mol. The fourth-order valence-electron chi connectivity index (χ4n) is 7.12. The minimum absolute atomic E-state index is 0.0742. The number of phenols is 4. The van der Waals surface area contributed by atoms with Gasteiger partial charge in [-0.25, -0.2) is 9.80 Å². The smallest absolute Gasteiger partial charge is 0.285 e. The number of carbonyl (C=O) groups is 8. The standard InChI is InChI=1S/2C20H16N2O6/c1-10-3-4-11(8-14(10)23)7-12-5-6-13(15(24)9-12)22-18(27)20(19(22)28)16(25)21(2)17(20)26;1-10-3-4-11(14(23)7-10)8-12-5-6-13(9-15(12)24)22-18(27)20(19(22)28)16(25)21(2)17(20)26/h3-6,8-9,23-24H,7H2,1-2H3;3-7,9,23-24H,8H2,1-2H3. The molecule has 0 radical (unpaired) electrons. The summed E-state index contributed by atoms with van der Waals surface area (Å²) in [4.78, 5) is 100. The molecule has 56 heavy (non-hydrogen) atoms. The van der Waals surface area contributed by atoms with Crippen LogP contribution in [-0.2, 0) is 51.2 Å². The van der Waals surface area contributed by atoms with Crippen LogP contribution in [0.5, 0.6) is 23.0 Å². The molecule has 0 atom stereocenters. The number of carbonyl (C=O) groups excluding carboxylic acids is 8. The normalized spacial score (nSPS) is 17.8. The zero-order valence-electron chi connectivity index (χ0n) is 30.2. The molecule has 2 spiro atoms. The highest BCUT2D eigenvalue weighted by Crippen LogP contribution is 2.49. The van der Waals surface area contributed by atoms with E-state index in [1.54, 1.807) is 37.3 Å². The first-order valence-corrected chi connectivity index (χ1v) is 17.0. The van der Waals surface area contributed by atoms with Crippen LogP contribution in [0.2, 0.25) is 0 Å². The maximum atomic E-state index is 12.4. The van der Waals surface area contributed by atoms with Gasteiger partial charge in [0, 0.05) is 26.6 Å². The van der Waals surface area contributed by atoms with E-state index in [-0.39, 0.29) is 40.8 Å². The van der Waals surface area contributed by atoms with Crippen LogP contribution in [0.15, 0.2) is 72.8 Å². The van der Waals surface area contributed by atoms with Gasteiger partial charge in [0.15, 0.2) is 0 Å². The number of benzene rings is 4. The van der Waals surface area contributed by atoms with Crippen LogP contribution in [-0.4, -0.2) is 91.6 Å². The molecule has 0 aromatic heterocycles. The van der Waals surface area contributed by atoms with Crippen LogP contribution in [0.25, 0.3) is 0 Å². The number of imide groups is 4. The number of nitrogens with zero attached hydrogens (tertiary/aromatic N) is 4.